The summed E-state index contributed by atoms with van der Waals surface area (Å²) >= 11 is 1.87. The highest BCUT2D eigenvalue weighted by molar-refractivity contribution is 7.25. The average Bonchev–Trinajstić information content (AvgIpc) is 4.04. The van der Waals surface area contributed by atoms with Crippen LogP contribution in [0.5, 0.6) is 0 Å². The molecule has 0 aliphatic heterocycles. The average molecular weight is 988 g/mol. The van der Waals surface area contributed by atoms with Crippen molar-refractivity contribution in [3.8, 4) is 61.3 Å². The van der Waals surface area contributed by atoms with Crippen LogP contribution in [0.4, 0.5) is 0 Å². The van der Waals surface area contributed by atoms with Gasteiger partial charge < -0.3 is 4.57 Å². The van der Waals surface area contributed by atoms with Crippen LogP contribution in [0.2, 0.25) is 0 Å². The first kappa shape index (κ1) is 44.6. The second-order valence-electron chi connectivity index (χ2n) is 19.6. The van der Waals surface area contributed by atoms with Crippen molar-refractivity contribution in [2.24, 2.45) is 0 Å². The van der Waals surface area contributed by atoms with Crippen LogP contribution >= 0.6 is 11.3 Å². The molecule has 14 aromatic rings. The van der Waals surface area contributed by atoms with Crippen molar-refractivity contribution in [1.82, 2.24) is 4.57 Å². The van der Waals surface area contributed by atoms with Crippen LogP contribution in [0.3, 0.4) is 0 Å². The molecule has 0 radical (unpaired) electrons. The molecule has 0 aliphatic carbocycles. The third-order valence-electron chi connectivity index (χ3n) is 15.3. The quantitative estimate of drug-likeness (QED) is 0.0951. The van der Waals surface area contributed by atoms with Gasteiger partial charge in [0, 0.05) is 42.1 Å². The van der Waals surface area contributed by atoms with Crippen molar-refractivity contribution in [2.75, 3.05) is 0 Å². The Bertz CT molecular complexity index is 4240. The first-order valence-electron chi connectivity index (χ1n) is 25.8. The molecule has 0 atom stereocenters. The third-order valence-corrected chi connectivity index (χ3v) is 21.2. The van der Waals surface area contributed by atoms with Gasteiger partial charge in [-0.25, -0.2) is 0 Å². The summed E-state index contributed by atoms with van der Waals surface area (Å²) in [6, 6.07) is 111. The minimum atomic E-state index is -3.26. The van der Waals surface area contributed by atoms with E-state index in [-0.39, 0.29) is 0 Å². The van der Waals surface area contributed by atoms with E-state index in [1.807, 2.05) is 11.3 Å². The molecular formula is C72H49NSSi. The lowest BCUT2D eigenvalue weighted by atomic mass is 9.95. The van der Waals surface area contributed by atoms with Gasteiger partial charge in [0.15, 0.2) is 8.07 Å². The molecule has 1 nitrogen and oxygen atoms in total. The van der Waals surface area contributed by atoms with E-state index in [1.54, 1.807) is 0 Å². The second-order valence-corrected chi connectivity index (χ2v) is 24.4. The first-order chi connectivity index (χ1) is 37.2. The van der Waals surface area contributed by atoms with Gasteiger partial charge in [-0.2, -0.15) is 0 Å². The van der Waals surface area contributed by atoms with Gasteiger partial charge in [0.1, 0.15) is 0 Å². The molecule has 12 aromatic carbocycles. The number of benzene rings is 12. The normalized spacial score (nSPS) is 11.7. The summed E-state index contributed by atoms with van der Waals surface area (Å²) in [5.74, 6) is 0. The number of fused-ring (bicyclic) bond motifs is 6. The number of nitrogens with zero attached hydrogens (tertiary/aromatic N) is 1. The topological polar surface area (TPSA) is 4.93 Å². The molecule has 0 spiro atoms. The maximum absolute atomic E-state index is 3.26. The Labute approximate surface area is 442 Å². The number of hydrogen-bond acceptors (Lipinski definition) is 1. The van der Waals surface area contributed by atoms with E-state index in [4.69, 9.17) is 0 Å². The van der Waals surface area contributed by atoms with Crippen LogP contribution < -0.4 is 20.7 Å². The Kier molecular flexibility index (Phi) is 11.1. The number of rotatable bonds is 10. The van der Waals surface area contributed by atoms with Gasteiger partial charge in [-0.15, -0.1) is 11.3 Å². The molecule has 0 N–H and O–H groups in total. The van der Waals surface area contributed by atoms with Gasteiger partial charge >= 0.3 is 0 Å². The van der Waals surface area contributed by atoms with Crippen molar-refractivity contribution < 1.29 is 0 Å². The summed E-state index contributed by atoms with van der Waals surface area (Å²) < 4.78 is 5.20. The Balaban J connectivity index is 1.09. The minimum absolute atomic E-state index is 1.16. The van der Waals surface area contributed by atoms with E-state index >= 15 is 0 Å². The fraction of sp³-hybridized carbons (Fsp3) is 0. The highest BCUT2D eigenvalue weighted by Gasteiger charge is 2.43. The maximum Gasteiger partial charge on any atom is 0.179 e. The lowest BCUT2D eigenvalue weighted by molar-refractivity contribution is 1.18. The predicted octanol–water partition coefficient (Wildman–Crippen LogP) is 16.9. The van der Waals surface area contributed by atoms with Crippen LogP contribution in [0, 0.1) is 0 Å². The number of para-hydroxylation sites is 1. The smallest absolute Gasteiger partial charge is 0.179 e. The Hall–Kier alpha value is -9.12. The monoisotopic (exact) mass is 987 g/mol. The van der Waals surface area contributed by atoms with Gasteiger partial charge in [0.05, 0.1) is 16.7 Å². The van der Waals surface area contributed by atoms with Crippen molar-refractivity contribution in [2.45, 2.75) is 0 Å². The van der Waals surface area contributed by atoms with E-state index in [1.165, 1.54) is 107 Å². The molecular weight excluding hydrogens is 939 g/mol. The van der Waals surface area contributed by atoms with Crippen LogP contribution in [0.15, 0.2) is 297 Å². The van der Waals surface area contributed by atoms with Crippen molar-refractivity contribution in [3.63, 3.8) is 0 Å². The largest absolute Gasteiger partial charge is 0.308 e. The number of thiophene rings is 1. The third kappa shape index (κ3) is 7.67. The molecule has 0 saturated carbocycles. The van der Waals surface area contributed by atoms with E-state index in [0.717, 1.165) is 16.8 Å². The fourth-order valence-corrected chi connectivity index (χ4v) is 17.8. The predicted molar refractivity (Wildman–Crippen MR) is 324 cm³/mol. The van der Waals surface area contributed by atoms with Crippen molar-refractivity contribution >= 4 is 82.1 Å². The van der Waals surface area contributed by atoms with Crippen molar-refractivity contribution in [3.05, 3.63) is 297 Å². The molecule has 14 rings (SSSR count). The molecule has 0 saturated heterocycles. The molecule has 0 fully saturated rings. The van der Waals surface area contributed by atoms with Gasteiger partial charge in [0.2, 0.25) is 0 Å². The zero-order valence-corrected chi connectivity index (χ0v) is 43.0. The standard InChI is InChI=1S/C72H49NSSi/c1-6-22-50(23-7-1)54-30-20-34-59(44-54)75(58-32-14-5-15-33-58,60-35-21-31-55(45-60)51-24-8-2-9-25-51)61-48-64(52-26-10-3-11-27-52)72(65(49-61)53-28-12-4-13-29-53)73-68-38-18-16-36-62(68)66-46-56(40-42-69(66)73)57-41-43-71-67(47-57)63-37-17-19-39-70(63)74-71/h1-49H. The summed E-state index contributed by atoms with van der Waals surface area (Å²) in [5.41, 5.74) is 15.4. The Morgan fingerprint density at radius 3 is 1.24 bits per heavy atom. The molecule has 0 bridgehead atoms. The van der Waals surface area contributed by atoms with Crippen LogP contribution in [0.25, 0.3) is 103 Å². The second kappa shape index (κ2) is 18.7. The SMILES string of the molecule is c1ccc(-c2cccc([Si](c3ccccc3)(c3cccc(-c4ccccc4)c3)c3cc(-c4ccccc4)c(-n4c5ccccc5c5cc(-c6ccc7sc8ccccc8c7c6)ccc54)c(-c4ccccc4)c3)c2)cc1. The number of hydrogen-bond donors (Lipinski definition) is 0. The fourth-order valence-electron chi connectivity index (χ4n) is 11.9. The summed E-state index contributed by atoms with van der Waals surface area (Å²) in [6.45, 7) is 0. The molecule has 75 heavy (non-hydrogen) atoms. The molecule has 2 aromatic heterocycles. The van der Waals surface area contributed by atoms with Gasteiger partial charge in [-0.3, -0.25) is 0 Å². The van der Waals surface area contributed by atoms with Crippen LogP contribution in [0.1, 0.15) is 0 Å². The van der Waals surface area contributed by atoms with E-state index in [9.17, 15) is 0 Å². The Morgan fingerprint density at radius 2 is 0.653 bits per heavy atom. The summed E-state index contributed by atoms with van der Waals surface area (Å²) in [4.78, 5) is 0. The minimum Gasteiger partial charge on any atom is -0.308 e. The molecule has 0 unspecified atom stereocenters. The van der Waals surface area contributed by atoms with E-state index in [0.29, 0.717) is 0 Å². The highest BCUT2D eigenvalue weighted by atomic mass is 32.1. The maximum atomic E-state index is 2.58. The molecule has 0 amide bonds. The highest BCUT2D eigenvalue weighted by Crippen LogP contribution is 2.43. The van der Waals surface area contributed by atoms with Crippen LogP contribution in [-0.4, -0.2) is 12.6 Å². The van der Waals surface area contributed by atoms with Crippen molar-refractivity contribution in [1.29, 1.82) is 0 Å². The number of aromatic nitrogens is 1. The van der Waals surface area contributed by atoms with E-state index in [2.05, 4.69) is 302 Å². The van der Waals surface area contributed by atoms with Crippen LogP contribution in [-0.2, 0) is 0 Å². The molecule has 2 heterocycles. The zero-order chi connectivity index (χ0) is 49.7. The summed E-state index contributed by atoms with van der Waals surface area (Å²) in [5, 5.41) is 10.4. The lowest BCUT2D eigenvalue weighted by Gasteiger charge is -2.36. The van der Waals surface area contributed by atoms with Gasteiger partial charge in [-0.05, 0) is 102 Å². The van der Waals surface area contributed by atoms with Gasteiger partial charge in [0.25, 0.3) is 0 Å². The Morgan fingerprint density at radius 1 is 0.240 bits per heavy atom. The molecule has 3 heteroatoms. The van der Waals surface area contributed by atoms with Gasteiger partial charge in [-0.1, -0.05) is 261 Å². The summed E-state index contributed by atoms with van der Waals surface area (Å²) in [6.07, 6.45) is 0. The van der Waals surface area contributed by atoms with E-state index < -0.39 is 8.07 Å². The molecule has 0 aliphatic rings. The molecule has 352 valence electrons. The summed E-state index contributed by atoms with van der Waals surface area (Å²) in [7, 11) is -3.26. The zero-order valence-electron chi connectivity index (χ0n) is 41.1. The first-order valence-corrected chi connectivity index (χ1v) is 28.6. The lowest BCUT2D eigenvalue weighted by Crippen LogP contribution is -2.74.